The molecule has 0 saturated carbocycles. The second-order valence-corrected chi connectivity index (χ2v) is 9.04. The van der Waals surface area contributed by atoms with Gasteiger partial charge in [-0.15, -0.1) is 0 Å². The molecule has 0 aliphatic carbocycles. The maximum absolute atomic E-state index is 13.0. The van der Waals surface area contributed by atoms with Crippen molar-refractivity contribution in [3.63, 3.8) is 0 Å². The van der Waals surface area contributed by atoms with Gasteiger partial charge in [0.2, 0.25) is 5.91 Å². The molecule has 2 unspecified atom stereocenters. The van der Waals surface area contributed by atoms with Gasteiger partial charge in [0.25, 0.3) is 11.3 Å². The molecule has 8 heteroatoms. The average Bonchev–Trinajstić information content (AvgIpc) is 3.27. The molecule has 34 heavy (non-hydrogen) atoms. The summed E-state index contributed by atoms with van der Waals surface area (Å²) in [5.74, 6) is -1.22. The number of hydrogen-bond donors (Lipinski definition) is 2. The topological polar surface area (TPSA) is 98.2 Å². The Morgan fingerprint density at radius 2 is 1.59 bits per heavy atom. The summed E-state index contributed by atoms with van der Waals surface area (Å²) in [7, 11) is 0. The van der Waals surface area contributed by atoms with E-state index in [1.807, 2.05) is 66.7 Å². The fraction of sp³-hybridized carbons (Fsp3) is 0.231. The van der Waals surface area contributed by atoms with Crippen LogP contribution in [0, 0.1) is 0 Å². The van der Waals surface area contributed by atoms with Crippen LogP contribution in [0.2, 0.25) is 0 Å². The third kappa shape index (κ3) is 5.35. The summed E-state index contributed by atoms with van der Waals surface area (Å²) in [5, 5.41) is 9.46. The lowest BCUT2D eigenvalue weighted by molar-refractivity contribution is -0.137. The van der Waals surface area contributed by atoms with Crippen LogP contribution in [0.3, 0.4) is 0 Å². The smallest absolute Gasteiger partial charge is 0.305 e. The molecule has 2 atom stereocenters. The largest absolute Gasteiger partial charge is 0.481 e. The Labute approximate surface area is 201 Å². The highest BCUT2D eigenvalue weighted by atomic mass is 32.2. The van der Waals surface area contributed by atoms with Gasteiger partial charge in [0.1, 0.15) is 0 Å². The van der Waals surface area contributed by atoms with Crippen molar-refractivity contribution in [3.05, 3.63) is 84.4 Å². The van der Waals surface area contributed by atoms with Crippen LogP contribution in [0.1, 0.15) is 24.8 Å². The lowest BCUT2D eigenvalue weighted by Gasteiger charge is -2.29. The van der Waals surface area contributed by atoms with E-state index in [0.717, 1.165) is 28.8 Å². The molecule has 7 nitrogen and oxygen atoms in total. The Balaban J connectivity index is 1.52. The summed E-state index contributed by atoms with van der Waals surface area (Å²) in [6.45, 7) is 0.582. The molecule has 0 bridgehead atoms. The molecular formula is C26H26N2O5S. The molecule has 1 aliphatic rings. The zero-order valence-corrected chi connectivity index (χ0v) is 19.4. The first-order valence-corrected chi connectivity index (χ1v) is 12.2. The second kappa shape index (κ2) is 10.6. The molecular weight excluding hydrogens is 452 g/mol. The number of anilines is 2. The second-order valence-electron chi connectivity index (χ2n) is 8.18. The highest BCUT2D eigenvalue weighted by Gasteiger charge is 2.29. The quantitative estimate of drug-likeness (QED) is 0.441. The van der Waals surface area contributed by atoms with Crippen LogP contribution < -0.4 is 9.21 Å². The molecule has 1 amide bonds. The van der Waals surface area contributed by atoms with Crippen LogP contribution in [0.5, 0.6) is 0 Å². The zero-order chi connectivity index (χ0) is 24.1. The summed E-state index contributed by atoms with van der Waals surface area (Å²) < 4.78 is 23.5. The molecule has 0 saturated heterocycles. The number of amides is 1. The Kier molecular flexibility index (Phi) is 7.40. The predicted molar refractivity (Wildman–Crippen MR) is 133 cm³/mol. The highest BCUT2D eigenvalue weighted by Crippen LogP contribution is 2.30. The van der Waals surface area contributed by atoms with E-state index in [0.29, 0.717) is 12.2 Å². The fourth-order valence-electron chi connectivity index (χ4n) is 4.39. The van der Waals surface area contributed by atoms with E-state index in [1.54, 1.807) is 17.0 Å². The van der Waals surface area contributed by atoms with Crippen LogP contribution >= 0.6 is 0 Å². The Morgan fingerprint density at radius 1 is 0.941 bits per heavy atom. The average molecular weight is 479 g/mol. The number of carbonyl (C=O) groups excluding carboxylic acids is 1. The minimum atomic E-state index is -2.46. The van der Waals surface area contributed by atoms with Crippen molar-refractivity contribution in [3.8, 4) is 11.1 Å². The van der Waals surface area contributed by atoms with E-state index in [2.05, 4.69) is 0 Å². The van der Waals surface area contributed by atoms with Crippen LogP contribution in [0.4, 0.5) is 11.4 Å². The maximum Gasteiger partial charge on any atom is 0.305 e. The number of carbonyl (C=O) groups is 2. The van der Waals surface area contributed by atoms with Crippen molar-refractivity contribution in [1.29, 1.82) is 0 Å². The van der Waals surface area contributed by atoms with E-state index in [4.69, 9.17) is 0 Å². The predicted octanol–water partition coefficient (Wildman–Crippen LogP) is 4.51. The molecule has 0 fully saturated rings. The van der Waals surface area contributed by atoms with Gasteiger partial charge < -0.3 is 10.0 Å². The van der Waals surface area contributed by atoms with Crippen molar-refractivity contribution < 1.29 is 23.5 Å². The molecule has 2 N–H and O–H groups in total. The fourth-order valence-corrected chi connectivity index (χ4v) is 5.12. The first-order chi connectivity index (χ1) is 16.4. The van der Waals surface area contributed by atoms with E-state index in [1.165, 1.54) is 4.31 Å². The SMILES string of the molecule is O=C(O)CC(CCC(=O)N1CCc2ccccc21)N(c1ccc(-c2ccccc2)cc1)S(=O)O. The first kappa shape index (κ1) is 23.7. The highest BCUT2D eigenvalue weighted by molar-refractivity contribution is 7.80. The molecule has 3 aromatic carbocycles. The Hall–Kier alpha value is -3.49. The van der Waals surface area contributed by atoms with Crippen molar-refractivity contribution in [2.45, 2.75) is 31.7 Å². The summed E-state index contributed by atoms with van der Waals surface area (Å²) in [6.07, 6.45) is 0.621. The summed E-state index contributed by atoms with van der Waals surface area (Å²) in [4.78, 5) is 26.2. The summed E-state index contributed by atoms with van der Waals surface area (Å²) in [5.41, 5.74) is 4.34. The number of fused-ring (bicyclic) bond motifs is 1. The van der Waals surface area contributed by atoms with Gasteiger partial charge in [0.05, 0.1) is 18.2 Å². The third-order valence-corrected chi connectivity index (χ3v) is 6.86. The monoisotopic (exact) mass is 478 g/mol. The van der Waals surface area contributed by atoms with Gasteiger partial charge in [0, 0.05) is 18.7 Å². The van der Waals surface area contributed by atoms with Gasteiger partial charge in [-0.1, -0.05) is 60.7 Å². The van der Waals surface area contributed by atoms with Crippen molar-refractivity contribution >= 4 is 34.5 Å². The van der Waals surface area contributed by atoms with Crippen LogP contribution in [-0.2, 0) is 27.3 Å². The maximum atomic E-state index is 13.0. The number of aliphatic carboxylic acids is 1. The van der Waals surface area contributed by atoms with Gasteiger partial charge in [-0.05, 0) is 47.7 Å². The van der Waals surface area contributed by atoms with Crippen LogP contribution in [0.25, 0.3) is 11.1 Å². The first-order valence-electron chi connectivity index (χ1n) is 11.1. The van der Waals surface area contributed by atoms with Crippen molar-refractivity contribution in [2.75, 3.05) is 15.7 Å². The summed E-state index contributed by atoms with van der Waals surface area (Å²) in [6, 6.07) is 23.6. The number of nitrogens with zero attached hydrogens (tertiary/aromatic N) is 2. The van der Waals surface area contributed by atoms with E-state index in [9.17, 15) is 23.5 Å². The molecule has 176 valence electrons. The lowest BCUT2D eigenvalue weighted by Crippen LogP contribution is -2.39. The van der Waals surface area contributed by atoms with Gasteiger partial charge in [-0.3, -0.25) is 18.4 Å². The van der Waals surface area contributed by atoms with Gasteiger partial charge >= 0.3 is 5.97 Å². The minimum absolute atomic E-state index is 0.0715. The van der Waals surface area contributed by atoms with E-state index in [-0.39, 0.29) is 25.2 Å². The van der Waals surface area contributed by atoms with E-state index >= 15 is 0 Å². The van der Waals surface area contributed by atoms with Crippen molar-refractivity contribution in [1.82, 2.24) is 0 Å². The van der Waals surface area contributed by atoms with E-state index < -0.39 is 23.3 Å². The minimum Gasteiger partial charge on any atom is -0.481 e. The van der Waals surface area contributed by atoms with Gasteiger partial charge in [-0.25, -0.2) is 4.21 Å². The number of hydrogen-bond acceptors (Lipinski definition) is 3. The molecule has 1 aliphatic heterocycles. The van der Waals surface area contributed by atoms with Gasteiger partial charge in [-0.2, -0.15) is 0 Å². The summed E-state index contributed by atoms with van der Waals surface area (Å²) >= 11 is -2.46. The Morgan fingerprint density at radius 3 is 2.26 bits per heavy atom. The van der Waals surface area contributed by atoms with Gasteiger partial charge in [0.15, 0.2) is 0 Å². The number of para-hydroxylation sites is 1. The number of benzene rings is 3. The number of carboxylic acids is 1. The molecule has 0 spiro atoms. The molecule has 1 heterocycles. The van der Waals surface area contributed by atoms with Crippen molar-refractivity contribution in [2.24, 2.45) is 0 Å². The number of carboxylic acid groups (broad SMARTS) is 1. The Bertz CT molecular complexity index is 1180. The van der Waals surface area contributed by atoms with Crippen LogP contribution in [0.15, 0.2) is 78.9 Å². The molecule has 0 aromatic heterocycles. The molecule has 3 aromatic rings. The number of rotatable bonds is 9. The molecule has 4 rings (SSSR count). The molecule has 0 radical (unpaired) electrons. The normalized spacial score (nSPS) is 14.3. The third-order valence-electron chi connectivity index (χ3n) is 6.02. The van der Waals surface area contributed by atoms with Crippen LogP contribution in [-0.4, -0.2) is 38.3 Å². The lowest BCUT2D eigenvalue weighted by atomic mass is 10.0. The standard InChI is InChI=1S/C26H26N2O5S/c29-25(27-17-16-21-8-4-5-9-24(21)27)15-14-23(18-26(30)31)28(34(32)33)22-12-10-20(11-13-22)19-6-2-1-3-7-19/h1-13,23H,14-18H2,(H,30,31)(H,32,33). The zero-order valence-electron chi connectivity index (χ0n) is 18.5.